The Balaban J connectivity index is 1.99. The highest BCUT2D eigenvalue weighted by Crippen LogP contribution is 2.29. The van der Waals surface area contributed by atoms with E-state index in [1.54, 1.807) is 11.0 Å². The van der Waals surface area contributed by atoms with Crippen molar-refractivity contribution in [3.63, 3.8) is 0 Å². The van der Waals surface area contributed by atoms with Gasteiger partial charge >= 0.3 is 0 Å². The Morgan fingerprint density at radius 1 is 1.39 bits per heavy atom. The van der Waals surface area contributed by atoms with Gasteiger partial charge in [0.05, 0.1) is 11.6 Å². The van der Waals surface area contributed by atoms with Gasteiger partial charge in [0.1, 0.15) is 12.1 Å². The normalized spacial score (nSPS) is 24.7. The lowest BCUT2D eigenvalue weighted by molar-refractivity contribution is 0.455. The summed E-state index contributed by atoms with van der Waals surface area (Å²) in [7, 11) is 1.91. The van der Waals surface area contributed by atoms with E-state index in [0.717, 1.165) is 29.9 Å². The molecule has 96 valence electrons. The Bertz CT molecular complexity index is 567. The fourth-order valence-electron chi connectivity index (χ4n) is 2.42. The van der Waals surface area contributed by atoms with Gasteiger partial charge in [-0.1, -0.05) is 22.9 Å². The Morgan fingerprint density at radius 2 is 2.22 bits per heavy atom. The fourth-order valence-corrected chi connectivity index (χ4v) is 3.03. The van der Waals surface area contributed by atoms with Gasteiger partial charge in [-0.2, -0.15) is 5.10 Å². The summed E-state index contributed by atoms with van der Waals surface area (Å²) in [5.41, 5.74) is 0.893. The average Bonchev–Trinajstić information content (AvgIpc) is 2.75. The molecular formula is C12H16BrN5. The maximum Gasteiger partial charge on any atom is 0.163 e. The molecule has 0 radical (unpaired) electrons. The third-order valence-corrected chi connectivity index (χ3v) is 4.87. The van der Waals surface area contributed by atoms with Crippen molar-refractivity contribution in [1.29, 1.82) is 0 Å². The number of fused-ring (bicyclic) bond motifs is 1. The Hall–Kier alpha value is -1.17. The lowest BCUT2D eigenvalue weighted by atomic mass is 9.99. The molecule has 18 heavy (non-hydrogen) atoms. The largest absolute Gasteiger partial charge is 0.355 e. The zero-order valence-corrected chi connectivity index (χ0v) is 12.1. The summed E-state index contributed by atoms with van der Waals surface area (Å²) in [4.78, 5) is 11.6. The molecule has 1 saturated heterocycles. The van der Waals surface area contributed by atoms with Crippen LogP contribution >= 0.6 is 15.9 Å². The molecule has 0 amide bonds. The Labute approximate surface area is 114 Å². The molecule has 1 fully saturated rings. The second-order valence-corrected chi connectivity index (χ2v) is 6.11. The molecule has 1 aliphatic heterocycles. The first-order valence-corrected chi connectivity index (χ1v) is 7.10. The molecule has 0 aromatic carbocycles. The topological polar surface area (TPSA) is 46.8 Å². The first-order chi connectivity index (χ1) is 8.66. The average molecular weight is 310 g/mol. The molecule has 3 heterocycles. The standard InChI is InChI=1S/C12H16BrN5/c1-8-3-4-18(6-10(8)13)12-9-5-16-17(2)11(9)14-7-15-12/h5,7-8,10H,3-4,6H2,1-2H3. The van der Waals surface area contributed by atoms with Gasteiger partial charge in [0.25, 0.3) is 0 Å². The van der Waals surface area contributed by atoms with Crippen molar-refractivity contribution in [3.8, 4) is 0 Å². The zero-order chi connectivity index (χ0) is 12.7. The van der Waals surface area contributed by atoms with Crippen LogP contribution in [0.1, 0.15) is 13.3 Å². The molecule has 0 bridgehead atoms. The van der Waals surface area contributed by atoms with E-state index in [0.29, 0.717) is 10.7 Å². The molecule has 5 nitrogen and oxygen atoms in total. The minimum atomic E-state index is 0.521. The van der Waals surface area contributed by atoms with Crippen LogP contribution in [0.4, 0.5) is 5.82 Å². The second-order valence-electron chi connectivity index (χ2n) is 4.93. The molecular weight excluding hydrogens is 294 g/mol. The molecule has 2 aromatic heterocycles. The van der Waals surface area contributed by atoms with Crippen LogP contribution in [0.2, 0.25) is 0 Å². The third-order valence-electron chi connectivity index (χ3n) is 3.67. The van der Waals surface area contributed by atoms with Gasteiger partial charge in [0, 0.05) is 25.0 Å². The van der Waals surface area contributed by atoms with E-state index in [9.17, 15) is 0 Å². The fraction of sp³-hybridized carbons (Fsp3) is 0.583. The zero-order valence-electron chi connectivity index (χ0n) is 10.5. The highest BCUT2D eigenvalue weighted by atomic mass is 79.9. The van der Waals surface area contributed by atoms with Gasteiger partial charge in [-0.25, -0.2) is 9.97 Å². The van der Waals surface area contributed by atoms with E-state index in [-0.39, 0.29) is 0 Å². The van der Waals surface area contributed by atoms with Crippen LogP contribution < -0.4 is 4.90 Å². The number of halogens is 1. The molecule has 0 saturated carbocycles. The van der Waals surface area contributed by atoms with Crippen LogP contribution in [0, 0.1) is 5.92 Å². The second kappa shape index (κ2) is 4.50. The van der Waals surface area contributed by atoms with Crippen molar-refractivity contribution < 1.29 is 0 Å². The van der Waals surface area contributed by atoms with Crippen LogP contribution in [0.3, 0.4) is 0 Å². The molecule has 0 spiro atoms. The number of rotatable bonds is 1. The van der Waals surface area contributed by atoms with Gasteiger partial charge in [-0.3, -0.25) is 4.68 Å². The first-order valence-electron chi connectivity index (χ1n) is 6.18. The van der Waals surface area contributed by atoms with Crippen LogP contribution in [0.5, 0.6) is 0 Å². The van der Waals surface area contributed by atoms with Gasteiger partial charge in [0.15, 0.2) is 5.65 Å². The van der Waals surface area contributed by atoms with Gasteiger partial charge in [-0.15, -0.1) is 0 Å². The molecule has 0 aliphatic carbocycles. The number of aromatic nitrogens is 4. The molecule has 2 unspecified atom stereocenters. The van der Waals surface area contributed by atoms with E-state index < -0.39 is 0 Å². The molecule has 2 aromatic rings. The molecule has 2 atom stereocenters. The van der Waals surface area contributed by atoms with Crippen molar-refractivity contribution >= 4 is 32.8 Å². The van der Waals surface area contributed by atoms with Crippen LogP contribution in [0.15, 0.2) is 12.5 Å². The number of hydrogen-bond acceptors (Lipinski definition) is 4. The van der Waals surface area contributed by atoms with Crippen molar-refractivity contribution in [2.75, 3.05) is 18.0 Å². The minimum absolute atomic E-state index is 0.521. The number of alkyl halides is 1. The van der Waals surface area contributed by atoms with Crippen LogP contribution in [-0.2, 0) is 7.05 Å². The van der Waals surface area contributed by atoms with E-state index in [1.165, 1.54) is 6.42 Å². The van der Waals surface area contributed by atoms with Crippen molar-refractivity contribution in [2.45, 2.75) is 18.2 Å². The number of piperidine rings is 1. The molecule has 1 aliphatic rings. The smallest absolute Gasteiger partial charge is 0.163 e. The highest BCUT2D eigenvalue weighted by molar-refractivity contribution is 9.09. The van der Waals surface area contributed by atoms with Crippen LogP contribution in [0.25, 0.3) is 11.0 Å². The van der Waals surface area contributed by atoms with Crippen molar-refractivity contribution in [2.24, 2.45) is 13.0 Å². The van der Waals surface area contributed by atoms with Crippen molar-refractivity contribution in [3.05, 3.63) is 12.5 Å². The third kappa shape index (κ3) is 1.88. The number of aryl methyl sites for hydroxylation is 1. The van der Waals surface area contributed by atoms with E-state index in [2.05, 4.69) is 42.8 Å². The first kappa shape index (κ1) is 11.9. The van der Waals surface area contributed by atoms with Gasteiger partial charge in [0.2, 0.25) is 0 Å². The Morgan fingerprint density at radius 3 is 3.00 bits per heavy atom. The monoisotopic (exact) mass is 309 g/mol. The summed E-state index contributed by atoms with van der Waals surface area (Å²) >= 11 is 3.75. The maximum atomic E-state index is 4.44. The number of nitrogens with zero attached hydrogens (tertiary/aromatic N) is 5. The van der Waals surface area contributed by atoms with Gasteiger partial charge in [-0.05, 0) is 12.3 Å². The summed E-state index contributed by atoms with van der Waals surface area (Å²) in [5, 5.41) is 5.30. The summed E-state index contributed by atoms with van der Waals surface area (Å²) in [6.45, 7) is 4.32. The summed E-state index contributed by atoms with van der Waals surface area (Å²) in [5.74, 6) is 1.72. The lowest BCUT2D eigenvalue weighted by Gasteiger charge is -2.35. The quantitative estimate of drug-likeness (QED) is 0.756. The molecule has 0 N–H and O–H groups in total. The number of anilines is 1. The van der Waals surface area contributed by atoms with Crippen molar-refractivity contribution in [1.82, 2.24) is 19.7 Å². The van der Waals surface area contributed by atoms with E-state index in [1.807, 2.05) is 13.2 Å². The molecule has 6 heteroatoms. The SMILES string of the molecule is CC1CCN(c2ncnc3c2cnn3C)CC1Br. The summed E-state index contributed by atoms with van der Waals surface area (Å²) < 4.78 is 1.79. The van der Waals surface area contributed by atoms with Gasteiger partial charge < -0.3 is 4.90 Å². The van der Waals surface area contributed by atoms with E-state index >= 15 is 0 Å². The summed E-state index contributed by atoms with van der Waals surface area (Å²) in [6, 6.07) is 0. The maximum absolute atomic E-state index is 4.44. The predicted octanol–water partition coefficient (Wildman–Crippen LogP) is 1.97. The van der Waals surface area contributed by atoms with Crippen LogP contribution in [-0.4, -0.2) is 37.7 Å². The minimum Gasteiger partial charge on any atom is -0.355 e. The Kier molecular flexibility index (Phi) is 2.97. The van der Waals surface area contributed by atoms with E-state index in [4.69, 9.17) is 0 Å². The molecule has 3 rings (SSSR count). The number of hydrogen-bond donors (Lipinski definition) is 0. The predicted molar refractivity (Wildman–Crippen MR) is 75.0 cm³/mol. The highest BCUT2D eigenvalue weighted by Gasteiger charge is 2.26. The summed E-state index contributed by atoms with van der Waals surface area (Å²) in [6.07, 6.45) is 4.66. The lowest BCUT2D eigenvalue weighted by Crippen LogP contribution is -2.40.